The third-order valence-electron chi connectivity index (χ3n) is 2.74. The summed E-state index contributed by atoms with van der Waals surface area (Å²) in [5, 5.41) is 3.46. The molecule has 82 valence electrons. The first-order valence-corrected chi connectivity index (χ1v) is 6.36. The van der Waals surface area contributed by atoms with E-state index in [1.807, 2.05) is 30.8 Å². The number of aryl methyl sites for hydroxylation is 1. The minimum atomic E-state index is -0.113. The van der Waals surface area contributed by atoms with E-state index in [9.17, 15) is 4.39 Å². The number of rotatable bonds is 3. The van der Waals surface area contributed by atoms with Crippen LogP contribution >= 0.6 is 11.8 Å². The number of hydrogen-bond donors (Lipinski definition) is 1. The van der Waals surface area contributed by atoms with Gasteiger partial charge < -0.3 is 5.32 Å². The molecule has 1 fully saturated rings. The van der Waals surface area contributed by atoms with Crippen LogP contribution in [0, 0.1) is 12.7 Å². The Labute approximate surface area is 94.5 Å². The fourth-order valence-electron chi connectivity index (χ4n) is 1.80. The molecule has 2 rings (SSSR count). The Morgan fingerprint density at radius 2 is 2.40 bits per heavy atom. The topological polar surface area (TPSA) is 12.0 Å². The van der Waals surface area contributed by atoms with Crippen molar-refractivity contribution in [3.63, 3.8) is 0 Å². The van der Waals surface area contributed by atoms with Crippen LogP contribution < -0.4 is 5.32 Å². The molecule has 1 unspecified atom stereocenters. The SMILES string of the molecule is Cc1cc(SCC2CCCN2)ccc1F. The summed E-state index contributed by atoms with van der Waals surface area (Å²) in [6, 6.07) is 5.98. The molecule has 1 saturated heterocycles. The lowest BCUT2D eigenvalue weighted by Crippen LogP contribution is -2.23. The second-order valence-corrected chi connectivity index (χ2v) is 5.11. The highest BCUT2D eigenvalue weighted by atomic mass is 32.2. The lowest BCUT2D eigenvalue weighted by molar-refractivity contribution is 0.617. The summed E-state index contributed by atoms with van der Waals surface area (Å²) < 4.78 is 13.0. The first-order valence-electron chi connectivity index (χ1n) is 5.38. The molecule has 1 nitrogen and oxygen atoms in total. The van der Waals surface area contributed by atoms with Gasteiger partial charge in [0.15, 0.2) is 0 Å². The molecule has 0 amide bonds. The third-order valence-corrected chi connectivity index (χ3v) is 3.90. The maximum absolute atomic E-state index is 13.0. The fourth-order valence-corrected chi connectivity index (χ4v) is 2.91. The van der Waals surface area contributed by atoms with Gasteiger partial charge in [0.05, 0.1) is 0 Å². The zero-order valence-corrected chi connectivity index (χ0v) is 9.74. The molecular formula is C12H16FNS. The van der Waals surface area contributed by atoms with Gasteiger partial charge in [-0.25, -0.2) is 4.39 Å². The zero-order valence-electron chi connectivity index (χ0n) is 8.92. The molecule has 0 spiro atoms. The molecule has 1 heterocycles. The van der Waals surface area contributed by atoms with Gasteiger partial charge in [-0.05, 0) is 50.1 Å². The van der Waals surface area contributed by atoms with Gasteiger partial charge >= 0.3 is 0 Å². The molecule has 15 heavy (non-hydrogen) atoms. The Bertz CT molecular complexity index is 334. The van der Waals surface area contributed by atoms with Gasteiger partial charge in [-0.1, -0.05) is 0 Å². The van der Waals surface area contributed by atoms with E-state index in [1.54, 1.807) is 6.07 Å². The van der Waals surface area contributed by atoms with Crippen molar-refractivity contribution in [2.45, 2.75) is 30.7 Å². The second-order valence-electron chi connectivity index (χ2n) is 4.02. The molecule has 1 aliphatic rings. The largest absolute Gasteiger partial charge is 0.313 e. The summed E-state index contributed by atoms with van der Waals surface area (Å²) in [6.45, 7) is 2.96. The van der Waals surface area contributed by atoms with Crippen LogP contribution in [0.4, 0.5) is 4.39 Å². The van der Waals surface area contributed by atoms with Crippen LogP contribution in [0.3, 0.4) is 0 Å². The van der Waals surface area contributed by atoms with E-state index in [-0.39, 0.29) is 5.82 Å². The van der Waals surface area contributed by atoms with Crippen LogP contribution in [0.2, 0.25) is 0 Å². The predicted molar refractivity (Wildman–Crippen MR) is 62.9 cm³/mol. The van der Waals surface area contributed by atoms with E-state index in [0.717, 1.165) is 17.9 Å². The van der Waals surface area contributed by atoms with Crippen molar-refractivity contribution < 1.29 is 4.39 Å². The van der Waals surface area contributed by atoms with E-state index < -0.39 is 0 Å². The first kappa shape index (κ1) is 11.0. The highest BCUT2D eigenvalue weighted by Crippen LogP contribution is 2.23. The van der Waals surface area contributed by atoms with Crippen LogP contribution in [-0.4, -0.2) is 18.3 Å². The highest BCUT2D eigenvalue weighted by Gasteiger charge is 2.13. The summed E-state index contributed by atoms with van der Waals surface area (Å²) in [5.74, 6) is 0.976. The van der Waals surface area contributed by atoms with Crippen molar-refractivity contribution in [2.24, 2.45) is 0 Å². The quantitative estimate of drug-likeness (QED) is 0.794. The number of nitrogens with one attached hydrogen (secondary N) is 1. The van der Waals surface area contributed by atoms with Crippen LogP contribution in [0.15, 0.2) is 23.1 Å². The van der Waals surface area contributed by atoms with Gasteiger partial charge in [0.25, 0.3) is 0 Å². The van der Waals surface area contributed by atoms with Crippen molar-refractivity contribution in [1.29, 1.82) is 0 Å². The molecule has 3 heteroatoms. The summed E-state index contributed by atoms with van der Waals surface area (Å²) in [5.41, 5.74) is 0.736. The van der Waals surface area contributed by atoms with E-state index >= 15 is 0 Å². The highest BCUT2D eigenvalue weighted by molar-refractivity contribution is 7.99. The Kier molecular flexibility index (Phi) is 3.65. The lowest BCUT2D eigenvalue weighted by atomic mass is 10.2. The van der Waals surface area contributed by atoms with E-state index in [1.165, 1.54) is 17.7 Å². The van der Waals surface area contributed by atoms with Gasteiger partial charge in [0.1, 0.15) is 5.82 Å². The number of halogens is 1. The molecule has 1 atom stereocenters. The van der Waals surface area contributed by atoms with Crippen LogP contribution in [0.5, 0.6) is 0 Å². The minimum Gasteiger partial charge on any atom is -0.313 e. The Morgan fingerprint density at radius 1 is 1.53 bits per heavy atom. The van der Waals surface area contributed by atoms with E-state index in [4.69, 9.17) is 0 Å². The fraction of sp³-hybridized carbons (Fsp3) is 0.500. The van der Waals surface area contributed by atoms with Crippen molar-refractivity contribution in [3.05, 3.63) is 29.6 Å². The first-order chi connectivity index (χ1) is 7.25. The summed E-state index contributed by atoms with van der Waals surface area (Å²) in [7, 11) is 0. The van der Waals surface area contributed by atoms with Crippen molar-refractivity contribution in [2.75, 3.05) is 12.3 Å². The number of benzene rings is 1. The Balaban J connectivity index is 1.90. The van der Waals surface area contributed by atoms with Gasteiger partial charge in [-0.2, -0.15) is 0 Å². The van der Waals surface area contributed by atoms with Crippen molar-refractivity contribution >= 4 is 11.8 Å². The van der Waals surface area contributed by atoms with Gasteiger partial charge in [-0.3, -0.25) is 0 Å². The normalized spacial score (nSPS) is 20.8. The second kappa shape index (κ2) is 4.99. The molecule has 0 aromatic heterocycles. The van der Waals surface area contributed by atoms with Gasteiger partial charge in [0, 0.05) is 16.7 Å². The maximum atomic E-state index is 13.0. The van der Waals surface area contributed by atoms with Crippen LogP contribution in [-0.2, 0) is 0 Å². The minimum absolute atomic E-state index is 0.113. The smallest absolute Gasteiger partial charge is 0.126 e. The Hall–Kier alpha value is -0.540. The predicted octanol–water partition coefficient (Wildman–Crippen LogP) is 2.98. The number of thioether (sulfide) groups is 1. The van der Waals surface area contributed by atoms with Gasteiger partial charge in [0.2, 0.25) is 0 Å². The van der Waals surface area contributed by atoms with Crippen molar-refractivity contribution in [1.82, 2.24) is 5.32 Å². The molecule has 0 bridgehead atoms. The maximum Gasteiger partial charge on any atom is 0.126 e. The van der Waals surface area contributed by atoms with E-state index in [2.05, 4.69) is 5.32 Å². The molecule has 0 aliphatic carbocycles. The molecule has 0 radical (unpaired) electrons. The summed E-state index contributed by atoms with van der Waals surface area (Å²) in [4.78, 5) is 1.17. The average molecular weight is 225 g/mol. The molecule has 1 aliphatic heterocycles. The van der Waals surface area contributed by atoms with Crippen LogP contribution in [0.1, 0.15) is 18.4 Å². The monoisotopic (exact) mass is 225 g/mol. The molecular weight excluding hydrogens is 209 g/mol. The third kappa shape index (κ3) is 2.95. The summed E-state index contributed by atoms with van der Waals surface area (Å²) >= 11 is 1.81. The Morgan fingerprint density at radius 3 is 3.07 bits per heavy atom. The van der Waals surface area contributed by atoms with Gasteiger partial charge in [-0.15, -0.1) is 11.8 Å². The number of hydrogen-bond acceptors (Lipinski definition) is 2. The zero-order chi connectivity index (χ0) is 10.7. The van der Waals surface area contributed by atoms with Crippen LogP contribution in [0.25, 0.3) is 0 Å². The summed E-state index contributed by atoms with van der Waals surface area (Å²) in [6.07, 6.45) is 2.56. The molecule has 1 N–H and O–H groups in total. The standard InChI is InChI=1S/C12H16FNS/c1-9-7-11(4-5-12(9)13)15-8-10-3-2-6-14-10/h4-5,7,10,14H,2-3,6,8H2,1H3. The molecule has 1 aromatic carbocycles. The lowest BCUT2D eigenvalue weighted by Gasteiger charge is -2.09. The molecule has 0 saturated carbocycles. The van der Waals surface area contributed by atoms with Crippen molar-refractivity contribution in [3.8, 4) is 0 Å². The average Bonchev–Trinajstić information content (AvgIpc) is 2.73. The van der Waals surface area contributed by atoms with E-state index in [0.29, 0.717) is 6.04 Å². The molecule has 1 aromatic rings.